The molecule has 2 aromatic rings. The number of carbonyl (C=O) groups excluding carboxylic acids is 2. The summed E-state index contributed by atoms with van der Waals surface area (Å²) in [6.45, 7) is 0. The summed E-state index contributed by atoms with van der Waals surface area (Å²) < 4.78 is 0. The Morgan fingerprint density at radius 3 is 2.13 bits per heavy atom. The summed E-state index contributed by atoms with van der Waals surface area (Å²) in [6.07, 6.45) is 4.20. The van der Waals surface area contributed by atoms with Crippen LogP contribution in [0.2, 0.25) is 0 Å². The molecule has 2 N–H and O–H groups in total. The number of anilines is 2. The Bertz CT molecular complexity index is 687. The lowest BCUT2D eigenvalue weighted by atomic mass is 10.0. The molecule has 0 heterocycles. The molecule has 2 rings (SSSR count). The first-order valence-corrected chi connectivity index (χ1v) is 9.44. The van der Waals surface area contributed by atoms with Crippen molar-refractivity contribution < 1.29 is 9.59 Å². The van der Waals surface area contributed by atoms with Crippen LogP contribution in [-0.4, -0.2) is 23.0 Å². The third kappa shape index (κ3) is 5.33. The third-order valence-electron chi connectivity index (χ3n) is 3.22. The summed E-state index contributed by atoms with van der Waals surface area (Å²) in [4.78, 5) is 22.9. The Balaban J connectivity index is 2.10. The molecule has 0 saturated heterocycles. The first-order valence-electron chi connectivity index (χ1n) is 6.99. The average molecular weight is 346 g/mol. The van der Waals surface area contributed by atoms with Crippen LogP contribution in [0.25, 0.3) is 0 Å². The highest BCUT2D eigenvalue weighted by Gasteiger charge is 2.07. The predicted molar refractivity (Wildman–Crippen MR) is 101 cm³/mol. The number of benzene rings is 2. The van der Waals surface area contributed by atoms with Gasteiger partial charge in [-0.05, 0) is 48.3 Å². The van der Waals surface area contributed by atoms with E-state index in [1.807, 2.05) is 48.5 Å². The second kappa shape index (κ2) is 8.64. The summed E-state index contributed by atoms with van der Waals surface area (Å²) >= 11 is 2.30. The van der Waals surface area contributed by atoms with Crippen LogP contribution < -0.4 is 10.6 Å². The maximum atomic E-state index is 11.6. The lowest BCUT2D eigenvalue weighted by molar-refractivity contribution is 0.269. The number of hydrogen-bond donors (Lipinski definition) is 2. The maximum absolute atomic E-state index is 11.6. The second-order valence-corrected chi connectivity index (χ2v) is 6.32. The Morgan fingerprint density at radius 2 is 1.48 bits per heavy atom. The zero-order valence-electron chi connectivity index (χ0n) is 13.0. The zero-order valence-corrected chi connectivity index (χ0v) is 14.6. The van der Waals surface area contributed by atoms with Gasteiger partial charge in [0.05, 0.1) is 0 Å². The molecule has 23 heavy (non-hydrogen) atoms. The monoisotopic (exact) mass is 346 g/mol. The van der Waals surface area contributed by atoms with Gasteiger partial charge in [-0.3, -0.25) is 9.59 Å². The Kier molecular flexibility index (Phi) is 6.55. The number of nitrogens with one attached hydrogen (secondary N) is 2. The molecule has 0 bridgehead atoms. The van der Waals surface area contributed by atoms with E-state index in [1.165, 1.54) is 0 Å². The van der Waals surface area contributed by atoms with E-state index in [2.05, 4.69) is 10.6 Å². The van der Waals surface area contributed by atoms with E-state index in [9.17, 15) is 9.59 Å². The summed E-state index contributed by atoms with van der Waals surface area (Å²) in [6, 6.07) is 15.5. The number of carbonyl (C=O) groups is 2. The molecule has 0 radical (unpaired) electrons. The van der Waals surface area contributed by atoms with Gasteiger partial charge in [-0.25, -0.2) is 0 Å². The smallest absolute Gasteiger partial charge is 0.283 e. The third-order valence-corrected chi connectivity index (χ3v) is 4.17. The fourth-order valence-electron chi connectivity index (χ4n) is 2.05. The number of amides is 2. The van der Waals surface area contributed by atoms with Crippen LogP contribution in [-0.2, 0) is 6.42 Å². The maximum Gasteiger partial charge on any atom is 0.283 e. The van der Waals surface area contributed by atoms with Crippen LogP contribution in [0.1, 0.15) is 11.1 Å². The molecule has 0 atom stereocenters. The SMILES string of the molecule is CSC(=O)Nc1ccc(Cc2ccccc2NC(=O)SC)cc1. The van der Waals surface area contributed by atoms with Crippen LogP contribution in [0.4, 0.5) is 21.0 Å². The summed E-state index contributed by atoms with van der Waals surface area (Å²) in [5, 5.41) is 5.52. The highest BCUT2D eigenvalue weighted by molar-refractivity contribution is 8.13. The number of rotatable bonds is 4. The zero-order chi connectivity index (χ0) is 16.7. The lowest BCUT2D eigenvalue weighted by Gasteiger charge is -2.11. The van der Waals surface area contributed by atoms with Gasteiger partial charge in [0, 0.05) is 11.4 Å². The van der Waals surface area contributed by atoms with Gasteiger partial charge >= 0.3 is 0 Å². The van der Waals surface area contributed by atoms with Crippen molar-refractivity contribution in [3.8, 4) is 0 Å². The first kappa shape index (κ1) is 17.4. The highest BCUT2D eigenvalue weighted by Crippen LogP contribution is 2.21. The van der Waals surface area contributed by atoms with Crippen molar-refractivity contribution in [3.05, 3.63) is 59.7 Å². The van der Waals surface area contributed by atoms with E-state index in [1.54, 1.807) is 12.5 Å². The van der Waals surface area contributed by atoms with Crippen molar-refractivity contribution in [3.63, 3.8) is 0 Å². The van der Waals surface area contributed by atoms with Crippen LogP contribution in [0.15, 0.2) is 48.5 Å². The fraction of sp³-hybridized carbons (Fsp3) is 0.176. The Morgan fingerprint density at radius 1 is 0.870 bits per heavy atom. The van der Waals surface area contributed by atoms with Crippen molar-refractivity contribution in [2.45, 2.75) is 6.42 Å². The van der Waals surface area contributed by atoms with E-state index >= 15 is 0 Å². The highest BCUT2D eigenvalue weighted by atomic mass is 32.2. The summed E-state index contributed by atoms with van der Waals surface area (Å²) in [5.41, 5.74) is 3.76. The molecule has 0 aliphatic heterocycles. The van der Waals surface area contributed by atoms with Crippen LogP contribution in [0.5, 0.6) is 0 Å². The predicted octanol–water partition coefficient (Wildman–Crippen LogP) is 5.07. The standard InChI is InChI=1S/C17H18N2O2S2/c1-22-16(20)18-14-9-7-12(8-10-14)11-13-5-3-4-6-15(13)19-17(21)23-2/h3-10H,11H2,1-2H3,(H,18,20)(H,19,21). The largest absolute Gasteiger partial charge is 0.317 e. The first-order chi connectivity index (χ1) is 11.1. The Labute approximate surface area is 144 Å². The molecule has 2 aromatic carbocycles. The molecular formula is C17H18N2O2S2. The van der Waals surface area contributed by atoms with Crippen LogP contribution in [0, 0.1) is 0 Å². The van der Waals surface area contributed by atoms with Gasteiger partial charge in [-0.1, -0.05) is 53.9 Å². The van der Waals surface area contributed by atoms with Crippen molar-refractivity contribution in [1.82, 2.24) is 0 Å². The summed E-state index contributed by atoms with van der Waals surface area (Å²) in [7, 11) is 0. The minimum absolute atomic E-state index is 0.0763. The van der Waals surface area contributed by atoms with Crippen LogP contribution in [0.3, 0.4) is 0 Å². The van der Waals surface area contributed by atoms with Crippen molar-refractivity contribution in [1.29, 1.82) is 0 Å². The number of para-hydroxylation sites is 1. The van der Waals surface area contributed by atoms with Crippen molar-refractivity contribution in [2.75, 3.05) is 23.1 Å². The van der Waals surface area contributed by atoms with Gasteiger partial charge in [0.25, 0.3) is 10.5 Å². The molecule has 0 aromatic heterocycles. The molecular weight excluding hydrogens is 328 g/mol. The molecule has 0 spiro atoms. The molecule has 2 amide bonds. The topological polar surface area (TPSA) is 58.2 Å². The number of thioether (sulfide) groups is 2. The van der Waals surface area contributed by atoms with Gasteiger partial charge in [0.2, 0.25) is 0 Å². The van der Waals surface area contributed by atoms with Gasteiger partial charge in [-0.2, -0.15) is 0 Å². The molecule has 4 nitrogen and oxygen atoms in total. The minimum atomic E-state index is -0.0807. The summed E-state index contributed by atoms with van der Waals surface area (Å²) in [5.74, 6) is 0. The van der Waals surface area contributed by atoms with Crippen LogP contribution >= 0.6 is 23.5 Å². The second-order valence-electron chi connectivity index (χ2n) is 4.76. The Hall–Kier alpha value is -1.92. The lowest BCUT2D eigenvalue weighted by Crippen LogP contribution is -2.07. The molecule has 0 aliphatic carbocycles. The molecule has 120 valence electrons. The van der Waals surface area contributed by atoms with E-state index in [4.69, 9.17) is 0 Å². The molecule has 0 saturated carbocycles. The number of hydrogen-bond acceptors (Lipinski definition) is 4. The molecule has 0 fully saturated rings. The molecule has 0 unspecified atom stereocenters. The van der Waals surface area contributed by atoms with E-state index < -0.39 is 0 Å². The minimum Gasteiger partial charge on any atom is -0.317 e. The van der Waals surface area contributed by atoms with Crippen molar-refractivity contribution in [2.24, 2.45) is 0 Å². The molecule has 6 heteroatoms. The fourth-order valence-corrected chi connectivity index (χ4v) is 2.48. The normalized spacial score (nSPS) is 10.2. The quantitative estimate of drug-likeness (QED) is 0.812. The van der Waals surface area contributed by atoms with E-state index in [-0.39, 0.29) is 10.5 Å². The van der Waals surface area contributed by atoms with E-state index in [0.717, 1.165) is 46.0 Å². The van der Waals surface area contributed by atoms with E-state index in [0.29, 0.717) is 6.42 Å². The van der Waals surface area contributed by atoms with Gasteiger partial charge in [0.1, 0.15) is 0 Å². The average Bonchev–Trinajstić information content (AvgIpc) is 2.58. The molecule has 0 aliphatic rings. The van der Waals surface area contributed by atoms with Crippen molar-refractivity contribution >= 4 is 45.4 Å². The van der Waals surface area contributed by atoms with Gasteiger partial charge < -0.3 is 10.6 Å². The van der Waals surface area contributed by atoms with Gasteiger partial charge in [-0.15, -0.1) is 0 Å². The van der Waals surface area contributed by atoms with Gasteiger partial charge in [0.15, 0.2) is 0 Å².